The monoisotopic (exact) mass is 483 g/mol. The number of hydrogen-bond acceptors (Lipinski definition) is 6. The minimum absolute atomic E-state index is 0.104. The molecule has 0 fully saturated rings. The molecule has 1 aliphatic carbocycles. The number of carboxylic acids is 1. The number of nitrogens with zero attached hydrogens (tertiary/aromatic N) is 1. The van der Waals surface area contributed by atoms with Gasteiger partial charge in [-0.2, -0.15) is 0 Å². The number of fused-ring (bicyclic) bond motifs is 3. The zero-order chi connectivity index (χ0) is 25.4. The van der Waals surface area contributed by atoms with E-state index in [-0.39, 0.29) is 25.6 Å². The second-order valence-electron chi connectivity index (χ2n) is 8.80. The summed E-state index contributed by atoms with van der Waals surface area (Å²) in [6.45, 7) is 0.810. The van der Waals surface area contributed by atoms with E-state index in [0.29, 0.717) is 13.0 Å². The topological polar surface area (TPSA) is 117 Å². The van der Waals surface area contributed by atoms with E-state index >= 15 is 0 Å². The average molecular weight is 484 g/mol. The molecule has 3 rings (SSSR count). The maximum absolute atomic E-state index is 12.9. The SMILES string of the molecule is COCCC(NC(=O)C(CCN(C)C)NC(=O)OCC1c2ccccc2-c2ccccc21)C(=O)O. The first-order valence-electron chi connectivity index (χ1n) is 11.6. The zero-order valence-corrected chi connectivity index (χ0v) is 20.3. The molecule has 0 saturated heterocycles. The summed E-state index contributed by atoms with van der Waals surface area (Å²) in [7, 11) is 5.15. The maximum atomic E-state index is 12.9. The van der Waals surface area contributed by atoms with Crippen molar-refractivity contribution in [2.75, 3.05) is 41.0 Å². The quantitative estimate of drug-likeness (QED) is 0.425. The first kappa shape index (κ1) is 26.2. The number of nitrogens with one attached hydrogen (secondary N) is 2. The van der Waals surface area contributed by atoms with E-state index in [0.717, 1.165) is 22.3 Å². The Balaban J connectivity index is 1.65. The van der Waals surface area contributed by atoms with E-state index in [9.17, 15) is 19.5 Å². The third-order valence-electron chi connectivity index (χ3n) is 6.04. The van der Waals surface area contributed by atoms with Crippen LogP contribution in [0, 0.1) is 0 Å². The molecule has 0 aliphatic heterocycles. The summed E-state index contributed by atoms with van der Waals surface area (Å²) in [6, 6.07) is 14.0. The van der Waals surface area contributed by atoms with Crippen molar-refractivity contribution >= 4 is 18.0 Å². The van der Waals surface area contributed by atoms with Gasteiger partial charge in [0.15, 0.2) is 0 Å². The molecule has 188 valence electrons. The predicted octanol–water partition coefficient (Wildman–Crippen LogP) is 2.45. The lowest BCUT2D eigenvalue weighted by Gasteiger charge is -2.23. The molecule has 9 nitrogen and oxygen atoms in total. The van der Waals surface area contributed by atoms with Gasteiger partial charge >= 0.3 is 12.1 Å². The predicted molar refractivity (Wildman–Crippen MR) is 131 cm³/mol. The fourth-order valence-electron chi connectivity index (χ4n) is 4.20. The molecular formula is C26H33N3O6. The maximum Gasteiger partial charge on any atom is 0.407 e. The third-order valence-corrected chi connectivity index (χ3v) is 6.04. The van der Waals surface area contributed by atoms with E-state index in [1.807, 2.05) is 55.4 Å². The molecule has 1 aliphatic rings. The van der Waals surface area contributed by atoms with Crippen molar-refractivity contribution in [3.8, 4) is 11.1 Å². The number of aliphatic carboxylic acids is 1. The molecule has 0 saturated carbocycles. The van der Waals surface area contributed by atoms with Gasteiger partial charge in [-0.3, -0.25) is 4.79 Å². The minimum Gasteiger partial charge on any atom is -0.480 e. The van der Waals surface area contributed by atoms with E-state index in [1.165, 1.54) is 7.11 Å². The van der Waals surface area contributed by atoms with Crippen molar-refractivity contribution in [1.82, 2.24) is 15.5 Å². The number of carbonyl (C=O) groups excluding carboxylic acids is 2. The lowest BCUT2D eigenvalue weighted by molar-refractivity contribution is -0.142. The Morgan fingerprint density at radius 1 is 0.943 bits per heavy atom. The minimum atomic E-state index is -1.16. The van der Waals surface area contributed by atoms with Crippen LogP contribution in [-0.4, -0.2) is 81.0 Å². The molecule has 2 amide bonds. The Bertz CT molecular complexity index is 996. The zero-order valence-electron chi connectivity index (χ0n) is 20.3. The van der Waals surface area contributed by atoms with Gasteiger partial charge in [-0.15, -0.1) is 0 Å². The summed E-state index contributed by atoms with van der Waals surface area (Å²) >= 11 is 0. The van der Waals surface area contributed by atoms with E-state index in [2.05, 4.69) is 22.8 Å². The van der Waals surface area contributed by atoms with Crippen LogP contribution in [0.1, 0.15) is 29.9 Å². The summed E-state index contributed by atoms with van der Waals surface area (Å²) in [5, 5.41) is 14.5. The Morgan fingerprint density at radius 2 is 1.54 bits per heavy atom. The molecule has 0 aromatic heterocycles. The highest BCUT2D eigenvalue weighted by atomic mass is 16.5. The molecule has 0 bridgehead atoms. The number of ether oxygens (including phenoxy) is 2. The van der Waals surface area contributed by atoms with Crippen molar-refractivity contribution in [3.05, 3.63) is 59.7 Å². The smallest absolute Gasteiger partial charge is 0.407 e. The van der Waals surface area contributed by atoms with Crippen LogP contribution in [0.4, 0.5) is 4.79 Å². The summed E-state index contributed by atoms with van der Waals surface area (Å²) in [4.78, 5) is 39.0. The molecule has 0 heterocycles. The van der Waals surface area contributed by atoms with Crippen molar-refractivity contribution < 1.29 is 29.0 Å². The lowest BCUT2D eigenvalue weighted by atomic mass is 9.98. The lowest BCUT2D eigenvalue weighted by Crippen LogP contribution is -2.52. The number of rotatable bonds is 12. The van der Waals surface area contributed by atoms with Crippen LogP contribution in [0.3, 0.4) is 0 Å². The van der Waals surface area contributed by atoms with Gasteiger partial charge in [0.05, 0.1) is 0 Å². The Morgan fingerprint density at radius 3 is 2.09 bits per heavy atom. The Labute approximate surface area is 205 Å². The largest absolute Gasteiger partial charge is 0.480 e. The van der Waals surface area contributed by atoms with Crippen molar-refractivity contribution in [1.29, 1.82) is 0 Å². The average Bonchev–Trinajstić information content (AvgIpc) is 3.16. The van der Waals surface area contributed by atoms with E-state index in [4.69, 9.17) is 9.47 Å². The van der Waals surface area contributed by atoms with Crippen LogP contribution in [0.25, 0.3) is 11.1 Å². The molecule has 3 N–H and O–H groups in total. The van der Waals surface area contributed by atoms with Gasteiger partial charge in [-0.25, -0.2) is 9.59 Å². The third kappa shape index (κ3) is 6.80. The van der Waals surface area contributed by atoms with Gasteiger partial charge in [-0.1, -0.05) is 48.5 Å². The van der Waals surface area contributed by atoms with Crippen LogP contribution in [0.2, 0.25) is 0 Å². The normalized spacial score (nSPS) is 14.1. The fourth-order valence-corrected chi connectivity index (χ4v) is 4.20. The van der Waals surface area contributed by atoms with Gasteiger partial charge < -0.3 is 30.1 Å². The van der Waals surface area contributed by atoms with Gasteiger partial charge in [0, 0.05) is 26.1 Å². The number of amides is 2. The Hall–Kier alpha value is -3.43. The first-order valence-corrected chi connectivity index (χ1v) is 11.6. The second-order valence-corrected chi connectivity index (χ2v) is 8.80. The Kier molecular flexibility index (Phi) is 9.22. The molecule has 35 heavy (non-hydrogen) atoms. The van der Waals surface area contributed by atoms with Crippen LogP contribution in [0.5, 0.6) is 0 Å². The van der Waals surface area contributed by atoms with Crippen LogP contribution >= 0.6 is 0 Å². The van der Waals surface area contributed by atoms with Gasteiger partial charge in [-0.05, 0) is 49.3 Å². The van der Waals surface area contributed by atoms with Crippen LogP contribution in [-0.2, 0) is 19.1 Å². The highest BCUT2D eigenvalue weighted by Gasteiger charge is 2.30. The van der Waals surface area contributed by atoms with Crippen molar-refractivity contribution in [2.45, 2.75) is 30.8 Å². The van der Waals surface area contributed by atoms with Crippen molar-refractivity contribution in [2.24, 2.45) is 0 Å². The standard InChI is InChI=1S/C26H33N3O6/c1-29(2)14-12-22(24(30)27-23(25(31)32)13-15-34-3)28-26(33)35-16-21-19-10-6-4-8-17(19)18-9-5-7-11-20(18)21/h4-11,21-23H,12-16H2,1-3H3,(H,27,30)(H,28,33)(H,31,32). The fraction of sp³-hybridized carbons (Fsp3) is 0.423. The van der Waals surface area contributed by atoms with Gasteiger partial charge in [0.2, 0.25) is 5.91 Å². The second kappa shape index (κ2) is 12.3. The number of alkyl carbamates (subject to hydrolysis) is 1. The molecule has 2 atom stereocenters. The summed E-state index contributed by atoms with van der Waals surface area (Å²) in [5.41, 5.74) is 4.42. The number of carboxylic acid groups (broad SMARTS) is 1. The summed E-state index contributed by atoms with van der Waals surface area (Å²) in [5.74, 6) is -1.85. The van der Waals surface area contributed by atoms with Crippen molar-refractivity contribution in [3.63, 3.8) is 0 Å². The summed E-state index contributed by atoms with van der Waals surface area (Å²) < 4.78 is 10.5. The number of carbonyl (C=O) groups is 3. The van der Waals surface area contributed by atoms with E-state index in [1.54, 1.807) is 0 Å². The molecule has 9 heteroatoms. The molecule has 0 radical (unpaired) electrons. The highest BCUT2D eigenvalue weighted by Crippen LogP contribution is 2.44. The number of hydrogen-bond donors (Lipinski definition) is 3. The molecule has 2 aromatic carbocycles. The van der Waals surface area contributed by atoms with E-state index < -0.39 is 30.1 Å². The number of benzene rings is 2. The molecular weight excluding hydrogens is 450 g/mol. The molecule has 2 unspecified atom stereocenters. The van der Waals surface area contributed by atoms with Crippen LogP contribution < -0.4 is 10.6 Å². The molecule has 2 aromatic rings. The highest BCUT2D eigenvalue weighted by molar-refractivity contribution is 5.89. The van der Waals surface area contributed by atoms with Gasteiger partial charge in [0.25, 0.3) is 0 Å². The van der Waals surface area contributed by atoms with Gasteiger partial charge in [0.1, 0.15) is 18.7 Å². The summed E-state index contributed by atoms with van der Waals surface area (Å²) in [6.07, 6.45) is -0.322. The molecule has 0 spiro atoms. The van der Waals surface area contributed by atoms with Crippen LogP contribution in [0.15, 0.2) is 48.5 Å². The first-order chi connectivity index (χ1) is 16.8. The number of methoxy groups -OCH3 is 1.